The van der Waals surface area contributed by atoms with Crippen LogP contribution in [0, 0.1) is 17.1 Å². The molecule has 1 aromatic rings. The van der Waals surface area contributed by atoms with E-state index in [2.05, 4.69) is 0 Å². The minimum atomic E-state index is -0.612. The zero-order chi connectivity index (χ0) is 10.1. The van der Waals surface area contributed by atoms with Crippen LogP contribution in [0.2, 0.25) is 0 Å². The van der Waals surface area contributed by atoms with Gasteiger partial charge in [0.1, 0.15) is 5.82 Å². The summed E-state index contributed by atoms with van der Waals surface area (Å²) < 4.78 is 12.7. The lowest BCUT2D eigenvalue weighted by molar-refractivity contribution is 0.549. The predicted molar refractivity (Wildman–Crippen MR) is 48.3 cm³/mol. The van der Waals surface area contributed by atoms with Crippen molar-refractivity contribution in [1.82, 2.24) is 0 Å². The summed E-state index contributed by atoms with van der Waals surface area (Å²) in [5.41, 5.74) is 6.16. The first-order chi connectivity index (χ1) is 5.95. The molecule has 0 spiro atoms. The van der Waals surface area contributed by atoms with E-state index in [1.54, 1.807) is 19.9 Å². The Balaban J connectivity index is 3.32. The molecule has 0 unspecified atom stereocenters. The molecule has 0 saturated heterocycles. The average molecular weight is 178 g/mol. The Kier molecular flexibility index (Phi) is 2.35. The van der Waals surface area contributed by atoms with Crippen LogP contribution < -0.4 is 5.73 Å². The lowest BCUT2D eigenvalue weighted by atomic mass is 9.91. The Morgan fingerprint density at radius 3 is 2.54 bits per heavy atom. The van der Waals surface area contributed by atoms with Crippen molar-refractivity contribution < 1.29 is 4.39 Å². The molecule has 13 heavy (non-hydrogen) atoms. The number of nitriles is 1. The highest BCUT2D eigenvalue weighted by Gasteiger charge is 2.18. The number of hydrogen-bond donors (Lipinski definition) is 1. The first-order valence-corrected chi connectivity index (χ1v) is 3.94. The third-order valence-electron chi connectivity index (χ3n) is 1.80. The van der Waals surface area contributed by atoms with Crippen LogP contribution >= 0.6 is 0 Å². The van der Waals surface area contributed by atoms with Crippen LogP contribution in [0.3, 0.4) is 0 Å². The van der Waals surface area contributed by atoms with Crippen molar-refractivity contribution in [2.75, 3.05) is 0 Å². The molecule has 1 aromatic carbocycles. The molecule has 3 heteroatoms. The molecule has 0 heterocycles. The van der Waals surface area contributed by atoms with Crippen LogP contribution in [0.5, 0.6) is 0 Å². The van der Waals surface area contributed by atoms with Gasteiger partial charge in [0.25, 0.3) is 0 Å². The van der Waals surface area contributed by atoms with Crippen molar-refractivity contribution in [3.8, 4) is 6.07 Å². The molecule has 0 saturated carbocycles. The third kappa shape index (κ3) is 2.04. The first-order valence-electron chi connectivity index (χ1n) is 3.94. The largest absolute Gasteiger partial charge is 0.322 e. The normalized spacial score (nSPS) is 11.0. The fourth-order valence-electron chi connectivity index (χ4n) is 1.17. The summed E-state index contributed by atoms with van der Waals surface area (Å²) in [6, 6.07) is 5.98. The van der Waals surface area contributed by atoms with Crippen LogP contribution in [0.15, 0.2) is 18.2 Å². The first kappa shape index (κ1) is 9.69. The van der Waals surface area contributed by atoms with E-state index in [0.717, 1.165) is 0 Å². The summed E-state index contributed by atoms with van der Waals surface area (Å²) in [5.74, 6) is -0.412. The van der Waals surface area contributed by atoms with E-state index >= 15 is 0 Å². The van der Waals surface area contributed by atoms with Crippen molar-refractivity contribution in [2.45, 2.75) is 19.4 Å². The van der Waals surface area contributed by atoms with Gasteiger partial charge in [-0.1, -0.05) is 6.07 Å². The molecule has 0 aliphatic rings. The monoisotopic (exact) mass is 178 g/mol. The van der Waals surface area contributed by atoms with Crippen molar-refractivity contribution in [1.29, 1.82) is 5.26 Å². The smallest absolute Gasteiger partial charge is 0.124 e. The second-order valence-corrected chi connectivity index (χ2v) is 3.52. The van der Waals surface area contributed by atoms with E-state index in [9.17, 15) is 4.39 Å². The van der Waals surface area contributed by atoms with E-state index < -0.39 is 11.4 Å². The maximum absolute atomic E-state index is 12.7. The van der Waals surface area contributed by atoms with E-state index in [-0.39, 0.29) is 0 Å². The van der Waals surface area contributed by atoms with E-state index in [4.69, 9.17) is 11.0 Å². The molecule has 2 N–H and O–H groups in total. The lowest BCUT2D eigenvalue weighted by Crippen LogP contribution is -2.29. The highest BCUT2D eigenvalue weighted by atomic mass is 19.1. The fraction of sp³-hybridized carbons (Fsp3) is 0.300. The zero-order valence-electron chi connectivity index (χ0n) is 7.63. The molecular formula is C10H11FN2. The molecule has 0 amide bonds. The predicted octanol–water partition coefficient (Wildman–Crippen LogP) is 1.89. The molecule has 0 aliphatic carbocycles. The van der Waals surface area contributed by atoms with Crippen molar-refractivity contribution in [3.63, 3.8) is 0 Å². The maximum Gasteiger partial charge on any atom is 0.124 e. The summed E-state index contributed by atoms with van der Waals surface area (Å²) in [6.07, 6.45) is 0. The van der Waals surface area contributed by atoms with Gasteiger partial charge in [-0.15, -0.1) is 0 Å². The van der Waals surface area contributed by atoms with E-state index in [0.29, 0.717) is 11.1 Å². The van der Waals surface area contributed by atoms with Gasteiger partial charge >= 0.3 is 0 Å². The number of nitrogens with two attached hydrogens (primary N) is 1. The van der Waals surface area contributed by atoms with Gasteiger partial charge in [0.05, 0.1) is 11.6 Å². The van der Waals surface area contributed by atoms with Crippen LogP contribution in [-0.4, -0.2) is 0 Å². The molecule has 68 valence electrons. The van der Waals surface area contributed by atoms with Gasteiger partial charge in [-0.2, -0.15) is 5.26 Å². The van der Waals surface area contributed by atoms with Crippen LogP contribution in [0.4, 0.5) is 4.39 Å². The minimum Gasteiger partial charge on any atom is -0.322 e. The molecule has 0 bridgehead atoms. The summed E-state index contributed by atoms with van der Waals surface area (Å²) >= 11 is 0. The number of halogens is 1. The van der Waals surface area contributed by atoms with Gasteiger partial charge in [0.2, 0.25) is 0 Å². The van der Waals surface area contributed by atoms with Gasteiger partial charge in [0, 0.05) is 5.54 Å². The second kappa shape index (κ2) is 3.15. The van der Waals surface area contributed by atoms with Gasteiger partial charge in [-0.25, -0.2) is 4.39 Å². The fourth-order valence-corrected chi connectivity index (χ4v) is 1.17. The standard InChI is InChI=1S/C10H11FN2/c1-10(2,13)9-4-3-8(11)5-7(9)6-12/h3-5H,13H2,1-2H3. The van der Waals surface area contributed by atoms with Gasteiger partial charge in [-0.05, 0) is 31.5 Å². The maximum atomic E-state index is 12.7. The number of nitrogens with zero attached hydrogens (tertiary/aromatic N) is 1. The Bertz CT molecular complexity index is 358. The minimum absolute atomic E-state index is 0.299. The molecule has 0 fully saturated rings. The Morgan fingerprint density at radius 2 is 2.08 bits per heavy atom. The number of rotatable bonds is 1. The Hall–Kier alpha value is -1.40. The summed E-state index contributed by atoms with van der Waals surface area (Å²) in [7, 11) is 0. The van der Waals surface area contributed by atoms with E-state index in [1.807, 2.05) is 6.07 Å². The van der Waals surface area contributed by atoms with Crippen LogP contribution in [0.25, 0.3) is 0 Å². The third-order valence-corrected chi connectivity index (χ3v) is 1.80. The summed E-state index contributed by atoms with van der Waals surface area (Å²) in [5, 5.41) is 8.73. The molecule has 0 radical (unpaired) electrons. The quantitative estimate of drug-likeness (QED) is 0.713. The second-order valence-electron chi connectivity index (χ2n) is 3.52. The summed E-state index contributed by atoms with van der Waals surface area (Å²) in [4.78, 5) is 0. The topological polar surface area (TPSA) is 49.8 Å². The Labute approximate surface area is 76.8 Å². The van der Waals surface area contributed by atoms with Crippen LogP contribution in [0.1, 0.15) is 25.0 Å². The number of benzene rings is 1. The lowest BCUT2D eigenvalue weighted by Gasteiger charge is -2.20. The molecule has 1 rings (SSSR count). The van der Waals surface area contributed by atoms with Gasteiger partial charge < -0.3 is 5.73 Å². The summed E-state index contributed by atoms with van der Waals surface area (Å²) in [6.45, 7) is 3.56. The van der Waals surface area contributed by atoms with Crippen molar-refractivity contribution >= 4 is 0 Å². The van der Waals surface area contributed by atoms with Crippen molar-refractivity contribution in [3.05, 3.63) is 35.1 Å². The molecule has 0 aliphatic heterocycles. The zero-order valence-corrected chi connectivity index (χ0v) is 7.63. The van der Waals surface area contributed by atoms with Crippen LogP contribution in [-0.2, 0) is 5.54 Å². The molecule has 0 aromatic heterocycles. The van der Waals surface area contributed by atoms with E-state index in [1.165, 1.54) is 12.1 Å². The molecule has 2 nitrogen and oxygen atoms in total. The Morgan fingerprint density at radius 1 is 1.46 bits per heavy atom. The average Bonchev–Trinajstić information content (AvgIpc) is 2.01. The molecular weight excluding hydrogens is 167 g/mol. The molecule has 0 atom stereocenters. The van der Waals surface area contributed by atoms with Gasteiger partial charge in [-0.3, -0.25) is 0 Å². The highest BCUT2D eigenvalue weighted by Crippen LogP contribution is 2.21. The van der Waals surface area contributed by atoms with Gasteiger partial charge in [0.15, 0.2) is 0 Å². The number of hydrogen-bond acceptors (Lipinski definition) is 2. The highest BCUT2D eigenvalue weighted by molar-refractivity contribution is 5.41. The SMILES string of the molecule is CC(C)(N)c1ccc(F)cc1C#N. The van der Waals surface area contributed by atoms with Crippen molar-refractivity contribution in [2.24, 2.45) is 5.73 Å².